The molecule has 0 aliphatic carbocycles. The van der Waals surface area contributed by atoms with E-state index in [1.165, 1.54) is 0 Å². The van der Waals surface area contributed by atoms with Crippen LogP contribution in [0.3, 0.4) is 0 Å². The molecule has 1 rings (SSSR count). The van der Waals surface area contributed by atoms with E-state index in [0.717, 1.165) is 39.1 Å². The van der Waals surface area contributed by atoms with Crippen LogP contribution < -0.4 is 5.32 Å². The van der Waals surface area contributed by atoms with Gasteiger partial charge in [-0.25, -0.2) is 0 Å². The highest BCUT2D eigenvalue weighted by Crippen LogP contribution is 2.03. The van der Waals surface area contributed by atoms with E-state index in [4.69, 9.17) is 14.2 Å². The fourth-order valence-electron chi connectivity index (χ4n) is 1.64. The fourth-order valence-corrected chi connectivity index (χ4v) is 1.64. The zero-order chi connectivity index (χ0) is 10.9. The highest BCUT2D eigenvalue weighted by molar-refractivity contribution is 4.71. The first-order chi connectivity index (χ1) is 7.33. The summed E-state index contributed by atoms with van der Waals surface area (Å²) < 4.78 is 16.2. The lowest BCUT2D eigenvalue weighted by Gasteiger charge is -2.28. The molecule has 0 saturated carbocycles. The molecule has 4 heteroatoms. The van der Waals surface area contributed by atoms with Crippen LogP contribution >= 0.6 is 0 Å². The smallest absolute Gasteiger partial charge is 0.0936 e. The fraction of sp³-hybridized carbons (Fsp3) is 1.00. The molecule has 90 valence electrons. The van der Waals surface area contributed by atoms with Gasteiger partial charge in [-0.15, -0.1) is 0 Å². The molecular weight excluding hydrogens is 194 g/mol. The van der Waals surface area contributed by atoms with Gasteiger partial charge in [-0.05, 0) is 19.8 Å². The molecule has 1 N–H and O–H groups in total. The van der Waals surface area contributed by atoms with Crippen LogP contribution in [-0.2, 0) is 14.2 Å². The molecule has 2 unspecified atom stereocenters. The van der Waals surface area contributed by atoms with Gasteiger partial charge in [0.05, 0.1) is 18.8 Å². The summed E-state index contributed by atoms with van der Waals surface area (Å²) in [4.78, 5) is 0. The summed E-state index contributed by atoms with van der Waals surface area (Å²) >= 11 is 0. The Morgan fingerprint density at radius 2 is 2.07 bits per heavy atom. The molecule has 1 heterocycles. The summed E-state index contributed by atoms with van der Waals surface area (Å²) in [6, 6.07) is 0. The Hall–Kier alpha value is -0.160. The van der Waals surface area contributed by atoms with Gasteiger partial charge in [0, 0.05) is 33.4 Å². The van der Waals surface area contributed by atoms with Crippen LogP contribution in [0.2, 0.25) is 0 Å². The van der Waals surface area contributed by atoms with Gasteiger partial charge in [0.25, 0.3) is 0 Å². The molecule has 4 nitrogen and oxygen atoms in total. The van der Waals surface area contributed by atoms with E-state index in [0.29, 0.717) is 12.7 Å². The van der Waals surface area contributed by atoms with Crippen LogP contribution in [0.4, 0.5) is 0 Å². The van der Waals surface area contributed by atoms with Gasteiger partial charge in [-0.2, -0.15) is 0 Å². The second-order valence-electron chi connectivity index (χ2n) is 4.00. The van der Waals surface area contributed by atoms with Crippen LogP contribution in [0.5, 0.6) is 0 Å². The average molecular weight is 217 g/mol. The van der Waals surface area contributed by atoms with Crippen molar-refractivity contribution in [2.75, 3.05) is 40.0 Å². The van der Waals surface area contributed by atoms with E-state index >= 15 is 0 Å². The lowest BCUT2D eigenvalue weighted by Crippen LogP contribution is -2.45. The highest BCUT2D eigenvalue weighted by Gasteiger charge is 2.18. The minimum absolute atomic E-state index is 0.219. The van der Waals surface area contributed by atoms with Crippen molar-refractivity contribution >= 4 is 0 Å². The molecule has 1 aliphatic heterocycles. The van der Waals surface area contributed by atoms with Crippen molar-refractivity contribution in [3.05, 3.63) is 0 Å². The largest absolute Gasteiger partial charge is 0.385 e. The topological polar surface area (TPSA) is 39.7 Å². The predicted octanol–water partition coefficient (Wildman–Crippen LogP) is 0.806. The normalized spacial score (nSPS) is 26.8. The highest BCUT2D eigenvalue weighted by atomic mass is 16.5. The minimum atomic E-state index is 0.219. The van der Waals surface area contributed by atoms with Gasteiger partial charge in [0.1, 0.15) is 0 Å². The summed E-state index contributed by atoms with van der Waals surface area (Å²) in [6.07, 6.45) is 2.65. The van der Waals surface area contributed by atoms with Gasteiger partial charge in [0.2, 0.25) is 0 Å². The first-order valence-corrected chi connectivity index (χ1v) is 5.75. The molecule has 2 atom stereocenters. The number of hydrogen-bond acceptors (Lipinski definition) is 4. The Morgan fingerprint density at radius 1 is 1.27 bits per heavy atom. The third-order valence-electron chi connectivity index (χ3n) is 2.42. The summed E-state index contributed by atoms with van der Waals surface area (Å²) in [6.45, 7) is 6.26. The van der Waals surface area contributed by atoms with Crippen molar-refractivity contribution < 1.29 is 14.2 Å². The number of nitrogens with one attached hydrogen (secondary N) is 1. The van der Waals surface area contributed by atoms with Crippen LogP contribution in [0, 0.1) is 0 Å². The maximum atomic E-state index is 5.70. The zero-order valence-electron chi connectivity index (χ0n) is 9.83. The van der Waals surface area contributed by atoms with Crippen molar-refractivity contribution in [2.45, 2.75) is 32.0 Å². The lowest BCUT2D eigenvalue weighted by atomic mass is 10.2. The zero-order valence-corrected chi connectivity index (χ0v) is 9.83. The Balaban J connectivity index is 1.90. The average Bonchev–Trinajstić information content (AvgIpc) is 2.23. The molecule has 0 aromatic heterocycles. The molecule has 0 bridgehead atoms. The second-order valence-corrected chi connectivity index (χ2v) is 4.00. The third kappa shape index (κ3) is 6.10. The van der Waals surface area contributed by atoms with Gasteiger partial charge in [0.15, 0.2) is 0 Å². The third-order valence-corrected chi connectivity index (χ3v) is 2.42. The molecule has 0 amide bonds. The SMILES string of the molecule is COCCCCOCC1CNCC(C)O1. The van der Waals surface area contributed by atoms with Gasteiger partial charge < -0.3 is 19.5 Å². The number of ether oxygens (including phenoxy) is 3. The molecule has 1 fully saturated rings. The summed E-state index contributed by atoms with van der Waals surface area (Å²) in [5.74, 6) is 0. The molecule has 1 saturated heterocycles. The van der Waals surface area contributed by atoms with Crippen molar-refractivity contribution in [3.63, 3.8) is 0 Å². The van der Waals surface area contributed by atoms with E-state index in [2.05, 4.69) is 12.2 Å². The summed E-state index contributed by atoms with van der Waals surface area (Å²) in [5.41, 5.74) is 0. The van der Waals surface area contributed by atoms with Crippen molar-refractivity contribution in [3.8, 4) is 0 Å². The van der Waals surface area contributed by atoms with Crippen molar-refractivity contribution in [1.29, 1.82) is 0 Å². The summed E-state index contributed by atoms with van der Waals surface area (Å²) in [5, 5.41) is 3.32. The molecule has 0 radical (unpaired) electrons. The minimum Gasteiger partial charge on any atom is -0.385 e. The van der Waals surface area contributed by atoms with Crippen LogP contribution in [-0.4, -0.2) is 52.2 Å². The maximum absolute atomic E-state index is 5.70. The molecular formula is C11H23NO3. The number of rotatable bonds is 7. The van der Waals surface area contributed by atoms with Gasteiger partial charge in [-0.1, -0.05) is 0 Å². The number of morpholine rings is 1. The quantitative estimate of drug-likeness (QED) is 0.641. The molecule has 0 spiro atoms. The van der Waals surface area contributed by atoms with Crippen molar-refractivity contribution in [2.24, 2.45) is 0 Å². The first-order valence-electron chi connectivity index (χ1n) is 5.75. The van der Waals surface area contributed by atoms with Gasteiger partial charge >= 0.3 is 0 Å². The molecule has 15 heavy (non-hydrogen) atoms. The Bertz CT molecular complexity index is 155. The lowest BCUT2D eigenvalue weighted by molar-refractivity contribution is -0.0690. The van der Waals surface area contributed by atoms with E-state index < -0.39 is 0 Å². The second kappa shape index (κ2) is 8.05. The van der Waals surface area contributed by atoms with E-state index in [9.17, 15) is 0 Å². The Kier molecular flexibility index (Phi) is 6.92. The Morgan fingerprint density at radius 3 is 2.80 bits per heavy atom. The van der Waals surface area contributed by atoms with Crippen LogP contribution in [0.25, 0.3) is 0 Å². The molecule has 0 aromatic rings. The van der Waals surface area contributed by atoms with E-state index in [-0.39, 0.29) is 6.10 Å². The first kappa shape index (κ1) is 12.9. The molecule has 1 aliphatic rings. The van der Waals surface area contributed by atoms with E-state index in [1.807, 2.05) is 0 Å². The van der Waals surface area contributed by atoms with E-state index in [1.54, 1.807) is 7.11 Å². The maximum Gasteiger partial charge on any atom is 0.0936 e. The number of hydrogen-bond donors (Lipinski definition) is 1. The standard InChI is InChI=1S/C11H23NO3/c1-10-7-12-8-11(15-10)9-14-6-4-3-5-13-2/h10-12H,3-9H2,1-2H3. The van der Waals surface area contributed by atoms with Crippen molar-refractivity contribution in [1.82, 2.24) is 5.32 Å². The van der Waals surface area contributed by atoms with Crippen LogP contribution in [0.1, 0.15) is 19.8 Å². The van der Waals surface area contributed by atoms with Crippen LogP contribution in [0.15, 0.2) is 0 Å². The Labute approximate surface area is 92.3 Å². The monoisotopic (exact) mass is 217 g/mol. The summed E-state index contributed by atoms with van der Waals surface area (Å²) in [7, 11) is 1.73. The number of methoxy groups -OCH3 is 1. The molecule has 0 aromatic carbocycles. The predicted molar refractivity (Wildman–Crippen MR) is 59.1 cm³/mol. The number of unbranched alkanes of at least 4 members (excludes halogenated alkanes) is 1. The van der Waals surface area contributed by atoms with Gasteiger partial charge in [-0.3, -0.25) is 0 Å².